The van der Waals surface area contributed by atoms with E-state index >= 15 is 0 Å². The molecule has 0 atom stereocenters. The normalized spacial score (nSPS) is 9.95. The fourth-order valence-electron chi connectivity index (χ4n) is 1.81. The SMILES string of the molecule is NNc1cccc(C(=O)NCc2ccccn2)c1[N+](=O)[O-]. The average molecular weight is 287 g/mol. The molecule has 8 nitrogen and oxygen atoms in total. The number of nitro benzene ring substituents is 1. The highest BCUT2D eigenvalue weighted by molar-refractivity contribution is 6.00. The van der Waals surface area contributed by atoms with Crippen LogP contribution in [-0.4, -0.2) is 15.8 Å². The first kappa shape index (κ1) is 14.4. The molecule has 0 saturated carbocycles. The molecular weight excluding hydrogens is 274 g/mol. The number of hydrogen-bond donors (Lipinski definition) is 3. The number of carbonyl (C=O) groups excluding carboxylic acids is 1. The van der Waals surface area contributed by atoms with Crippen molar-refractivity contribution in [2.45, 2.75) is 6.54 Å². The van der Waals surface area contributed by atoms with Gasteiger partial charge in [-0.15, -0.1) is 0 Å². The predicted octanol–water partition coefficient (Wildman–Crippen LogP) is 1.21. The zero-order valence-corrected chi connectivity index (χ0v) is 10.9. The van der Waals surface area contributed by atoms with Crippen LogP contribution >= 0.6 is 0 Å². The van der Waals surface area contributed by atoms with Gasteiger partial charge in [-0.05, 0) is 24.3 Å². The minimum Gasteiger partial charge on any atom is -0.346 e. The lowest BCUT2D eigenvalue weighted by atomic mass is 10.1. The predicted molar refractivity (Wildman–Crippen MR) is 76.3 cm³/mol. The standard InChI is InChI=1S/C13H13N5O3/c14-17-11-6-3-5-10(12(11)18(20)21)13(19)16-8-9-4-1-2-7-15-9/h1-7,17H,8,14H2,(H,16,19). The van der Waals surface area contributed by atoms with Crippen LogP contribution in [-0.2, 0) is 6.54 Å². The third-order valence-electron chi connectivity index (χ3n) is 2.77. The van der Waals surface area contributed by atoms with Gasteiger partial charge >= 0.3 is 5.69 Å². The van der Waals surface area contributed by atoms with E-state index in [4.69, 9.17) is 5.84 Å². The van der Waals surface area contributed by atoms with Crippen LogP contribution in [0.15, 0.2) is 42.6 Å². The van der Waals surface area contributed by atoms with Gasteiger partial charge in [-0.2, -0.15) is 0 Å². The van der Waals surface area contributed by atoms with Crippen molar-refractivity contribution < 1.29 is 9.72 Å². The molecule has 1 amide bonds. The number of anilines is 1. The third kappa shape index (κ3) is 3.31. The third-order valence-corrected chi connectivity index (χ3v) is 2.77. The van der Waals surface area contributed by atoms with E-state index in [0.717, 1.165) is 0 Å². The number of nitrogens with zero attached hydrogens (tertiary/aromatic N) is 2. The first-order valence-electron chi connectivity index (χ1n) is 6.05. The molecule has 0 aliphatic carbocycles. The van der Waals surface area contributed by atoms with Crippen molar-refractivity contribution in [2.75, 3.05) is 5.43 Å². The second-order valence-corrected chi connectivity index (χ2v) is 4.11. The number of nitrogens with one attached hydrogen (secondary N) is 2. The van der Waals surface area contributed by atoms with Crippen LogP contribution in [0.25, 0.3) is 0 Å². The number of nitrogens with two attached hydrogens (primary N) is 1. The lowest BCUT2D eigenvalue weighted by molar-refractivity contribution is -0.384. The second-order valence-electron chi connectivity index (χ2n) is 4.11. The molecule has 4 N–H and O–H groups in total. The smallest absolute Gasteiger partial charge is 0.306 e. The van der Waals surface area contributed by atoms with Crippen LogP contribution in [0.2, 0.25) is 0 Å². The molecule has 2 rings (SSSR count). The maximum Gasteiger partial charge on any atom is 0.306 e. The summed E-state index contributed by atoms with van der Waals surface area (Å²) in [6, 6.07) is 9.59. The summed E-state index contributed by atoms with van der Waals surface area (Å²) in [5.74, 6) is 4.66. The molecule has 0 saturated heterocycles. The van der Waals surface area contributed by atoms with Gasteiger partial charge in [0.1, 0.15) is 11.3 Å². The molecule has 21 heavy (non-hydrogen) atoms. The molecule has 1 aromatic heterocycles. The Morgan fingerprint density at radius 3 is 2.71 bits per heavy atom. The van der Waals surface area contributed by atoms with Crippen LogP contribution in [0.4, 0.5) is 11.4 Å². The summed E-state index contributed by atoms with van der Waals surface area (Å²) < 4.78 is 0. The van der Waals surface area contributed by atoms with Gasteiger partial charge < -0.3 is 10.7 Å². The maximum atomic E-state index is 12.1. The first-order valence-corrected chi connectivity index (χ1v) is 6.05. The first-order chi connectivity index (χ1) is 10.1. The number of hydrazine groups is 1. The Bertz CT molecular complexity index is 660. The molecule has 0 bridgehead atoms. The minimum atomic E-state index is -0.648. The van der Waals surface area contributed by atoms with Gasteiger partial charge in [-0.25, -0.2) is 0 Å². The number of benzene rings is 1. The van der Waals surface area contributed by atoms with Crippen molar-refractivity contribution in [3.63, 3.8) is 0 Å². The van der Waals surface area contributed by atoms with Crippen LogP contribution < -0.4 is 16.6 Å². The largest absolute Gasteiger partial charge is 0.346 e. The molecule has 0 unspecified atom stereocenters. The van der Waals surface area contributed by atoms with Crippen molar-refractivity contribution in [3.8, 4) is 0 Å². The molecule has 1 heterocycles. The van der Waals surface area contributed by atoms with E-state index in [0.29, 0.717) is 5.69 Å². The van der Waals surface area contributed by atoms with Crippen LogP contribution in [0, 0.1) is 10.1 Å². The van der Waals surface area contributed by atoms with E-state index in [-0.39, 0.29) is 23.5 Å². The number of nitrogen functional groups attached to an aromatic ring is 1. The number of hydrogen-bond acceptors (Lipinski definition) is 6. The fraction of sp³-hybridized carbons (Fsp3) is 0.0769. The van der Waals surface area contributed by atoms with E-state index in [1.807, 2.05) is 0 Å². The number of rotatable bonds is 5. The number of amides is 1. The quantitative estimate of drug-likeness (QED) is 0.431. The molecule has 0 spiro atoms. The van der Waals surface area contributed by atoms with E-state index in [1.54, 1.807) is 24.4 Å². The van der Waals surface area contributed by atoms with E-state index in [1.165, 1.54) is 18.2 Å². The average Bonchev–Trinajstić information content (AvgIpc) is 2.52. The highest BCUT2D eigenvalue weighted by atomic mass is 16.6. The monoisotopic (exact) mass is 287 g/mol. The van der Waals surface area contributed by atoms with Crippen LogP contribution in [0.3, 0.4) is 0 Å². The molecule has 0 fully saturated rings. The summed E-state index contributed by atoms with van der Waals surface area (Å²) in [5.41, 5.74) is 2.51. The Morgan fingerprint density at radius 1 is 1.29 bits per heavy atom. The Kier molecular flexibility index (Phi) is 4.42. The molecule has 8 heteroatoms. The van der Waals surface area contributed by atoms with Gasteiger partial charge in [-0.3, -0.25) is 25.7 Å². The summed E-state index contributed by atoms with van der Waals surface area (Å²) in [7, 11) is 0. The Labute approximate surface area is 120 Å². The molecule has 2 aromatic rings. The van der Waals surface area contributed by atoms with Gasteiger partial charge in [-0.1, -0.05) is 12.1 Å². The van der Waals surface area contributed by atoms with Gasteiger partial charge in [0.2, 0.25) is 0 Å². The maximum absolute atomic E-state index is 12.1. The van der Waals surface area contributed by atoms with Gasteiger partial charge in [0, 0.05) is 6.20 Å². The summed E-state index contributed by atoms with van der Waals surface area (Å²) in [5, 5.41) is 13.7. The molecule has 0 aliphatic heterocycles. The van der Waals surface area contributed by atoms with Gasteiger partial charge in [0.15, 0.2) is 0 Å². The molecule has 0 aliphatic rings. The topological polar surface area (TPSA) is 123 Å². The van der Waals surface area contributed by atoms with Crippen molar-refractivity contribution >= 4 is 17.3 Å². The van der Waals surface area contributed by atoms with Gasteiger partial charge in [0.05, 0.1) is 17.2 Å². The van der Waals surface area contributed by atoms with E-state index in [2.05, 4.69) is 15.7 Å². The second kappa shape index (κ2) is 6.44. The van der Waals surface area contributed by atoms with Gasteiger partial charge in [0.25, 0.3) is 5.91 Å². The lowest BCUT2D eigenvalue weighted by Crippen LogP contribution is -2.24. The van der Waals surface area contributed by atoms with Crippen LogP contribution in [0.5, 0.6) is 0 Å². The number of pyridine rings is 1. The molecular formula is C13H13N5O3. The number of aromatic nitrogens is 1. The molecule has 0 radical (unpaired) electrons. The summed E-state index contributed by atoms with van der Waals surface area (Å²) in [6.07, 6.45) is 1.60. The Balaban J connectivity index is 2.21. The van der Waals surface area contributed by atoms with Crippen molar-refractivity contribution in [1.29, 1.82) is 0 Å². The summed E-state index contributed by atoms with van der Waals surface area (Å²) in [4.78, 5) is 26.6. The molecule has 1 aromatic carbocycles. The van der Waals surface area contributed by atoms with E-state index < -0.39 is 10.8 Å². The van der Waals surface area contributed by atoms with Crippen LogP contribution in [0.1, 0.15) is 16.1 Å². The zero-order chi connectivity index (χ0) is 15.2. The Hall–Kier alpha value is -3.00. The highest BCUT2D eigenvalue weighted by Crippen LogP contribution is 2.27. The van der Waals surface area contributed by atoms with Crippen molar-refractivity contribution in [3.05, 3.63) is 64.0 Å². The Morgan fingerprint density at radius 2 is 2.10 bits per heavy atom. The highest BCUT2D eigenvalue weighted by Gasteiger charge is 2.23. The minimum absolute atomic E-state index is 0.0635. The summed E-state index contributed by atoms with van der Waals surface area (Å²) in [6.45, 7) is 0.178. The lowest BCUT2D eigenvalue weighted by Gasteiger charge is -2.08. The number of carbonyl (C=O) groups is 1. The zero-order valence-electron chi connectivity index (χ0n) is 10.9. The number of para-hydroxylation sites is 1. The van der Waals surface area contributed by atoms with Crippen molar-refractivity contribution in [1.82, 2.24) is 10.3 Å². The number of nitro groups is 1. The summed E-state index contributed by atoms with van der Waals surface area (Å²) >= 11 is 0. The molecule has 108 valence electrons. The fourth-order valence-corrected chi connectivity index (χ4v) is 1.81. The van der Waals surface area contributed by atoms with Crippen molar-refractivity contribution in [2.24, 2.45) is 5.84 Å². The van der Waals surface area contributed by atoms with E-state index in [9.17, 15) is 14.9 Å².